The van der Waals surface area contributed by atoms with Crippen LogP contribution in [0.5, 0.6) is 0 Å². The molecule has 2 aliphatic rings. The molecule has 1 aromatic heterocycles. The molecule has 2 amide bonds. The SMILES string of the molecule is CN(O)/C(=N\O)[C@@H]1c2c(cnn2C)[C@@H]2CN1C(=O)N2OS(=O)(=O)O. The summed E-state index contributed by atoms with van der Waals surface area (Å²) in [6.07, 6.45) is 1.40. The van der Waals surface area contributed by atoms with Gasteiger partial charge in [-0.05, 0) is 0 Å². The van der Waals surface area contributed by atoms with Crippen molar-refractivity contribution in [3.05, 3.63) is 17.5 Å². The first kappa shape index (κ1) is 16.4. The van der Waals surface area contributed by atoms with Crippen molar-refractivity contribution >= 4 is 22.3 Å². The average molecular weight is 362 g/mol. The van der Waals surface area contributed by atoms with Gasteiger partial charge in [-0.15, -0.1) is 4.28 Å². The van der Waals surface area contributed by atoms with Crippen LogP contribution in [0.4, 0.5) is 4.79 Å². The largest absolute Gasteiger partial charge is 0.418 e. The lowest BCUT2D eigenvalue weighted by molar-refractivity contribution is -0.0317. The summed E-state index contributed by atoms with van der Waals surface area (Å²) in [4.78, 5) is 13.6. The Hall–Kier alpha value is -2.42. The van der Waals surface area contributed by atoms with Crippen LogP contribution in [0, 0.1) is 0 Å². The van der Waals surface area contributed by atoms with Crippen LogP contribution in [0.2, 0.25) is 0 Å². The Bertz CT molecular complexity index is 818. The molecular formula is C10H14N6O7S. The van der Waals surface area contributed by atoms with Gasteiger partial charge in [0.25, 0.3) is 0 Å². The third-order valence-corrected chi connectivity index (χ3v) is 4.23. The molecule has 24 heavy (non-hydrogen) atoms. The third-order valence-electron chi connectivity index (χ3n) is 3.88. The molecule has 0 aliphatic carbocycles. The number of rotatable bonds is 3. The van der Waals surface area contributed by atoms with E-state index in [-0.39, 0.29) is 12.4 Å². The number of likely N-dealkylation sites (N-methyl/N-ethyl adjacent to an activating group) is 1. The molecule has 2 atom stereocenters. The second-order valence-corrected chi connectivity index (χ2v) is 6.28. The fraction of sp³-hybridized carbons (Fsp3) is 0.500. The number of nitrogens with zero attached hydrogens (tertiary/aromatic N) is 6. The van der Waals surface area contributed by atoms with E-state index in [4.69, 9.17) is 4.55 Å². The smallest absolute Gasteiger partial charge is 0.409 e. The Labute approximate surface area is 135 Å². The van der Waals surface area contributed by atoms with Crippen LogP contribution in [-0.4, -0.2) is 73.7 Å². The second-order valence-electron chi connectivity index (χ2n) is 5.27. The normalized spacial score (nSPS) is 23.7. The van der Waals surface area contributed by atoms with E-state index in [0.29, 0.717) is 21.4 Å². The van der Waals surface area contributed by atoms with E-state index >= 15 is 0 Å². The molecule has 3 rings (SSSR count). The molecule has 14 heteroatoms. The fourth-order valence-electron chi connectivity index (χ4n) is 2.99. The minimum absolute atomic E-state index is 0.0232. The van der Waals surface area contributed by atoms with Crippen molar-refractivity contribution < 1.29 is 32.5 Å². The zero-order valence-electron chi connectivity index (χ0n) is 12.5. The number of amidine groups is 1. The highest BCUT2D eigenvalue weighted by Crippen LogP contribution is 2.44. The van der Waals surface area contributed by atoms with E-state index in [2.05, 4.69) is 14.5 Å². The van der Waals surface area contributed by atoms with Gasteiger partial charge in [-0.1, -0.05) is 5.16 Å². The monoisotopic (exact) mass is 362 g/mol. The zero-order chi connectivity index (χ0) is 17.8. The van der Waals surface area contributed by atoms with E-state index in [0.717, 1.165) is 4.90 Å². The Kier molecular flexibility index (Phi) is 3.63. The maximum absolute atomic E-state index is 12.5. The standard InChI is InChI=1S/C10H14N6O7S/c1-13-7-5(3-11-13)6-4-15(8(7)9(12-18)14(2)19)10(17)16(6)23-24(20,21)22/h3,6,8,18-19H,4H2,1-2H3,(H,20,21,22)/b12-9-/t6-,8-/m0/s1. The number of carbonyl (C=O) groups is 1. The van der Waals surface area contributed by atoms with Gasteiger partial charge in [0.15, 0.2) is 5.84 Å². The van der Waals surface area contributed by atoms with Gasteiger partial charge in [0.05, 0.1) is 18.4 Å². The fourth-order valence-corrected chi connectivity index (χ4v) is 3.36. The predicted molar refractivity (Wildman–Crippen MR) is 74.0 cm³/mol. The number of oxime groups is 1. The van der Waals surface area contributed by atoms with Crippen molar-refractivity contribution in [1.29, 1.82) is 0 Å². The molecular weight excluding hydrogens is 348 g/mol. The number of aryl methyl sites for hydroxylation is 1. The molecule has 1 fully saturated rings. The summed E-state index contributed by atoms with van der Waals surface area (Å²) < 4.78 is 36.7. The summed E-state index contributed by atoms with van der Waals surface area (Å²) in [5, 5.41) is 27.0. The Balaban J connectivity index is 2.14. The van der Waals surface area contributed by atoms with Crippen molar-refractivity contribution in [3.63, 3.8) is 0 Å². The Morgan fingerprint density at radius 1 is 1.54 bits per heavy atom. The van der Waals surface area contributed by atoms with Gasteiger partial charge in [-0.3, -0.25) is 14.4 Å². The highest BCUT2D eigenvalue weighted by Gasteiger charge is 2.53. The quantitative estimate of drug-likeness (QED) is 0.203. The number of amides is 2. The molecule has 1 saturated heterocycles. The predicted octanol–water partition coefficient (Wildman–Crippen LogP) is -0.903. The van der Waals surface area contributed by atoms with Gasteiger partial charge >= 0.3 is 16.4 Å². The van der Waals surface area contributed by atoms with Crippen molar-refractivity contribution in [2.75, 3.05) is 13.6 Å². The first-order valence-electron chi connectivity index (χ1n) is 6.59. The molecule has 3 N–H and O–H groups in total. The number of carbonyl (C=O) groups excluding carboxylic acids is 1. The molecule has 2 aliphatic heterocycles. The van der Waals surface area contributed by atoms with Crippen LogP contribution in [0.3, 0.4) is 0 Å². The number of fused-ring (bicyclic) bond motifs is 4. The number of aromatic nitrogens is 2. The first-order chi connectivity index (χ1) is 11.2. The number of hydrogen-bond acceptors (Lipinski definition) is 8. The van der Waals surface area contributed by atoms with Crippen LogP contribution in [-0.2, 0) is 21.7 Å². The summed E-state index contributed by atoms with van der Waals surface area (Å²) in [6, 6.07) is -2.77. The highest BCUT2D eigenvalue weighted by molar-refractivity contribution is 7.80. The van der Waals surface area contributed by atoms with Crippen LogP contribution in [0.15, 0.2) is 11.4 Å². The number of hydroxylamine groups is 4. The van der Waals surface area contributed by atoms with Crippen LogP contribution in [0.1, 0.15) is 23.3 Å². The second kappa shape index (κ2) is 5.30. The molecule has 132 valence electrons. The van der Waals surface area contributed by atoms with Gasteiger partial charge < -0.3 is 10.1 Å². The first-order valence-corrected chi connectivity index (χ1v) is 7.95. The van der Waals surface area contributed by atoms with Crippen molar-refractivity contribution in [1.82, 2.24) is 24.8 Å². The summed E-state index contributed by atoms with van der Waals surface area (Å²) in [7, 11) is -2.15. The van der Waals surface area contributed by atoms with E-state index in [9.17, 15) is 23.6 Å². The molecule has 0 radical (unpaired) electrons. The minimum Gasteiger partial charge on any atom is -0.409 e. The van der Waals surface area contributed by atoms with Crippen LogP contribution < -0.4 is 0 Å². The van der Waals surface area contributed by atoms with E-state index in [1.54, 1.807) is 7.05 Å². The molecule has 0 saturated carbocycles. The number of urea groups is 1. The van der Waals surface area contributed by atoms with Crippen LogP contribution in [0.25, 0.3) is 0 Å². The van der Waals surface area contributed by atoms with Gasteiger partial charge in [0.1, 0.15) is 12.1 Å². The minimum atomic E-state index is -4.92. The molecule has 0 aromatic carbocycles. The van der Waals surface area contributed by atoms with Gasteiger partial charge in [-0.25, -0.2) is 9.86 Å². The maximum atomic E-state index is 12.5. The van der Waals surface area contributed by atoms with Crippen molar-refractivity contribution in [2.45, 2.75) is 12.1 Å². The zero-order valence-corrected chi connectivity index (χ0v) is 13.3. The summed E-state index contributed by atoms with van der Waals surface area (Å²) >= 11 is 0. The molecule has 13 nitrogen and oxygen atoms in total. The molecule has 0 unspecified atom stereocenters. The van der Waals surface area contributed by atoms with E-state index < -0.39 is 28.5 Å². The Morgan fingerprint density at radius 2 is 2.21 bits per heavy atom. The van der Waals surface area contributed by atoms with E-state index in [1.807, 2.05) is 0 Å². The lowest BCUT2D eigenvalue weighted by Crippen LogP contribution is -2.44. The van der Waals surface area contributed by atoms with E-state index in [1.165, 1.54) is 17.9 Å². The molecule has 1 aromatic rings. The molecule has 3 heterocycles. The molecule has 2 bridgehead atoms. The lowest BCUT2D eigenvalue weighted by Gasteiger charge is -2.32. The van der Waals surface area contributed by atoms with Gasteiger partial charge in [-0.2, -0.15) is 18.6 Å². The van der Waals surface area contributed by atoms with Crippen LogP contribution >= 0.6 is 0 Å². The highest BCUT2D eigenvalue weighted by atomic mass is 32.3. The maximum Gasteiger partial charge on any atom is 0.418 e. The number of hydrogen-bond donors (Lipinski definition) is 3. The van der Waals surface area contributed by atoms with Gasteiger partial charge in [0, 0.05) is 19.7 Å². The Morgan fingerprint density at radius 3 is 2.75 bits per heavy atom. The topological polar surface area (TPSA) is 161 Å². The van der Waals surface area contributed by atoms with Crippen molar-refractivity contribution in [2.24, 2.45) is 12.2 Å². The molecule has 0 spiro atoms. The average Bonchev–Trinajstić information content (AvgIpc) is 2.96. The third kappa shape index (κ3) is 2.35. The summed E-state index contributed by atoms with van der Waals surface area (Å²) in [6.45, 7) is -0.0232. The lowest BCUT2D eigenvalue weighted by atomic mass is 9.97. The summed E-state index contributed by atoms with van der Waals surface area (Å²) in [5.41, 5.74) is 0.825. The van der Waals surface area contributed by atoms with Gasteiger partial charge in [0.2, 0.25) is 0 Å². The van der Waals surface area contributed by atoms with Crippen molar-refractivity contribution in [3.8, 4) is 0 Å². The summed E-state index contributed by atoms with van der Waals surface area (Å²) in [5.74, 6) is -0.277.